The van der Waals surface area contributed by atoms with Crippen LogP contribution < -0.4 is 15.0 Å². The Balaban J connectivity index is 1.75. The van der Waals surface area contributed by atoms with Crippen LogP contribution in [0.2, 0.25) is 0 Å². The van der Waals surface area contributed by atoms with Gasteiger partial charge in [-0.2, -0.15) is 0 Å². The highest BCUT2D eigenvalue weighted by Gasteiger charge is 2.14. The van der Waals surface area contributed by atoms with Crippen LogP contribution in [0.15, 0.2) is 69.9 Å². The first kappa shape index (κ1) is 14.5. The number of carbonyl (C=O) groups is 1. The molecule has 0 aliphatic heterocycles. The van der Waals surface area contributed by atoms with Gasteiger partial charge in [0.1, 0.15) is 5.75 Å². The Kier molecular flexibility index (Phi) is 3.51. The molecule has 0 unspecified atom stereocenters. The standard InChI is InChI=1S/C18H11NO4S/c20-17(19-11-6-2-1-3-7-11)22-14-10-15-16(23-18(21)24-15)13-9-5-4-8-12(13)14/h1-10H,(H,19,20). The summed E-state index contributed by atoms with van der Waals surface area (Å²) in [5.41, 5.74) is 1.15. The van der Waals surface area contributed by atoms with Crippen molar-refractivity contribution in [2.24, 2.45) is 0 Å². The average Bonchev–Trinajstić information content (AvgIpc) is 2.96. The van der Waals surface area contributed by atoms with Crippen LogP contribution in [-0.4, -0.2) is 6.09 Å². The summed E-state index contributed by atoms with van der Waals surface area (Å²) in [6.07, 6.45) is -0.596. The zero-order valence-corrected chi connectivity index (χ0v) is 13.1. The number of amides is 1. The minimum absolute atomic E-state index is 0.378. The van der Waals surface area contributed by atoms with Gasteiger partial charge in [-0.25, -0.2) is 9.59 Å². The van der Waals surface area contributed by atoms with Crippen LogP contribution in [-0.2, 0) is 0 Å². The van der Waals surface area contributed by atoms with Gasteiger partial charge in [-0.15, -0.1) is 0 Å². The van der Waals surface area contributed by atoms with Gasteiger partial charge in [-0.1, -0.05) is 53.8 Å². The Morgan fingerprint density at radius 1 is 1.00 bits per heavy atom. The molecule has 4 rings (SSSR count). The SMILES string of the molecule is O=C(Nc1ccccc1)Oc1cc2sc(=O)oc2c2ccccc12. The summed E-state index contributed by atoms with van der Waals surface area (Å²) in [5, 5.41) is 4.10. The van der Waals surface area contributed by atoms with Crippen LogP contribution in [0.4, 0.5) is 10.5 Å². The topological polar surface area (TPSA) is 68.5 Å². The van der Waals surface area contributed by atoms with Crippen molar-refractivity contribution in [1.82, 2.24) is 0 Å². The van der Waals surface area contributed by atoms with E-state index >= 15 is 0 Å². The molecule has 0 radical (unpaired) electrons. The minimum Gasteiger partial charge on any atom is -0.413 e. The largest absolute Gasteiger partial charge is 0.417 e. The number of anilines is 1. The molecule has 1 aromatic heterocycles. The number of rotatable bonds is 2. The van der Waals surface area contributed by atoms with Crippen LogP contribution in [0, 0.1) is 0 Å². The maximum absolute atomic E-state index is 12.2. The van der Waals surface area contributed by atoms with Gasteiger partial charge in [-0.3, -0.25) is 5.32 Å². The van der Waals surface area contributed by atoms with E-state index in [4.69, 9.17) is 9.15 Å². The highest BCUT2D eigenvalue weighted by atomic mass is 32.1. The first-order valence-electron chi connectivity index (χ1n) is 7.20. The highest BCUT2D eigenvalue weighted by Crippen LogP contribution is 2.34. The fourth-order valence-electron chi connectivity index (χ4n) is 2.52. The number of benzene rings is 3. The van der Waals surface area contributed by atoms with E-state index in [1.165, 1.54) is 0 Å². The lowest BCUT2D eigenvalue weighted by Gasteiger charge is -2.09. The van der Waals surface area contributed by atoms with Crippen LogP contribution in [0.25, 0.3) is 21.1 Å². The lowest BCUT2D eigenvalue weighted by molar-refractivity contribution is 0.216. The van der Waals surface area contributed by atoms with Crippen LogP contribution in [0.5, 0.6) is 5.75 Å². The maximum atomic E-state index is 12.2. The van der Waals surface area contributed by atoms with E-state index < -0.39 is 6.09 Å². The molecule has 118 valence electrons. The summed E-state index contributed by atoms with van der Waals surface area (Å²) in [5.74, 6) is 0.378. The number of hydrogen-bond acceptors (Lipinski definition) is 5. The van der Waals surface area contributed by atoms with Crippen LogP contribution >= 0.6 is 11.3 Å². The maximum Gasteiger partial charge on any atom is 0.417 e. The summed E-state index contributed by atoms with van der Waals surface area (Å²) in [7, 11) is 0. The van der Waals surface area contributed by atoms with Gasteiger partial charge in [0, 0.05) is 22.5 Å². The number of para-hydroxylation sites is 1. The molecule has 5 nitrogen and oxygen atoms in total. The molecule has 0 atom stereocenters. The second kappa shape index (κ2) is 5.82. The molecule has 0 aliphatic carbocycles. The van der Waals surface area contributed by atoms with Gasteiger partial charge in [0.25, 0.3) is 0 Å². The average molecular weight is 337 g/mol. The van der Waals surface area contributed by atoms with Crippen molar-refractivity contribution in [1.29, 1.82) is 0 Å². The Labute approximate surface area is 140 Å². The zero-order chi connectivity index (χ0) is 16.5. The Morgan fingerprint density at radius 2 is 1.71 bits per heavy atom. The Bertz CT molecular complexity index is 1100. The van der Waals surface area contributed by atoms with E-state index in [0.29, 0.717) is 27.1 Å². The van der Waals surface area contributed by atoms with Gasteiger partial charge >= 0.3 is 11.0 Å². The van der Waals surface area contributed by atoms with E-state index in [0.717, 1.165) is 16.7 Å². The predicted molar refractivity (Wildman–Crippen MR) is 94.0 cm³/mol. The molecule has 6 heteroatoms. The molecule has 1 N–H and O–H groups in total. The number of ether oxygens (including phenoxy) is 1. The first-order chi connectivity index (χ1) is 11.7. The van der Waals surface area contributed by atoms with E-state index in [-0.39, 0.29) is 4.94 Å². The molecule has 3 aromatic carbocycles. The molecular weight excluding hydrogens is 326 g/mol. The molecule has 1 heterocycles. The molecule has 24 heavy (non-hydrogen) atoms. The number of nitrogens with one attached hydrogen (secondary N) is 1. The highest BCUT2D eigenvalue weighted by molar-refractivity contribution is 7.16. The third-order valence-corrected chi connectivity index (χ3v) is 4.30. The normalized spacial score (nSPS) is 10.8. The molecule has 1 amide bonds. The lowest BCUT2D eigenvalue weighted by Crippen LogP contribution is -2.16. The van der Waals surface area contributed by atoms with E-state index in [9.17, 15) is 9.59 Å². The predicted octanol–water partition coefficient (Wildman–Crippen LogP) is 4.62. The molecule has 0 aliphatic rings. The van der Waals surface area contributed by atoms with Crippen molar-refractivity contribution < 1.29 is 13.9 Å². The summed E-state index contributed by atoms with van der Waals surface area (Å²) in [6, 6.07) is 18.0. The molecule has 0 saturated carbocycles. The van der Waals surface area contributed by atoms with Gasteiger partial charge in [0.05, 0.1) is 4.70 Å². The fourth-order valence-corrected chi connectivity index (χ4v) is 3.23. The summed E-state index contributed by atoms with van der Waals surface area (Å²) >= 11 is 0.978. The van der Waals surface area contributed by atoms with E-state index in [1.807, 2.05) is 42.5 Å². The van der Waals surface area contributed by atoms with E-state index in [1.54, 1.807) is 18.2 Å². The molecule has 4 aromatic rings. The van der Waals surface area contributed by atoms with Crippen molar-refractivity contribution in [3.8, 4) is 5.75 Å². The molecule has 0 spiro atoms. The van der Waals surface area contributed by atoms with Crippen molar-refractivity contribution in [3.05, 3.63) is 70.4 Å². The van der Waals surface area contributed by atoms with Crippen molar-refractivity contribution in [3.63, 3.8) is 0 Å². The Hall–Kier alpha value is -3.12. The van der Waals surface area contributed by atoms with Crippen molar-refractivity contribution >= 4 is 44.2 Å². The summed E-state index contributed by atoms with van der Waals surface area (Å²) in [4.78, 5) is 23.3. The van der Waals surface area contributed by atoms with Crippen LogP contribution in [0.3, 0.4) is 0 Å². The minimum atomic E-state index is -0.596. The van der Waals surface area contributed by atoms with E-state index in [2.05, 4.69) is 5.32 Å². The molecular formula is C18H11NO4S. The van der Waals surface area contributed by atoms with Gasteiger partial charge in [-0.05, 0) is 12.1 Å². The molecule has 0 saturated heterocycles. The van der Waals surface area contributed by atoms with Gasteiger partial charge < -0.3 is 9.15 Å². The second-order valence-electron chi connectivity index (χ2n) is 5.08. The monoisotopic (exact) mass is 337 g/mol. The van der Waals surface area contributed by atoms with Crippen LogP contribution in [0.1, 0.15) is 0 Å². The number of hydrogen-bond donors (Lipinski definition) is 1. The summed E-state index contributed by atoms with van der Waals surface area (Å²) < 4.78 is 11.3. The quantitative estimate of drug-likeness (QED) is 0.579. The zero-order valence-electron chi connectivity index (χ0n) is 12.3. The number of fused-ring (bicyclic) bond motifs is 3. The molecule has 0 fully saturated rings. The summed E-state index contributed by atoms with van der Waals surface area (Å²) in [6.45, 7) is 0. The van der Waals surface area contributed by atoms with Crippen molar-refractivity contribution in [2.75, 3.05) is 5.32 Å². The second-order valence-corrected chi connectivity index (χ2v) is 6.06. The lowest BCUT2D eigenvalue weighted by atomic mass is 10.1. The Morgan fingerprint density at radius 3 is 2.50 bits per heavy atom. The van der Waals surface area contributed by atoms with Crippen molar-refractivity contribution in [2.45, 2.75) is 0 Å². The van der Waals surface area contributed by atoms with Gasteiger partial charge in [0.2, 0.25) is 0 Å². The number of carbonyl (C=O) groups excluding carboxylic acids is 1. The smallest absolute Gasteiger partial charge is 0.413 e. The fraction of sp³-hybridized carbons (Fsp3) is 0. The first-order valence-corrected chi connectivity index (χ1v) is 8.01. The molecule has 0 bridgehead atoms. The third-order valence-electron chi connectivity index (χ3n) is 3.52. The van der Waals surface area contributed by atoms with Gasteiger partial charge in [0.15, 0.2) is 5.58 Å². The third kappa shape index (κ3) is 2.63.